The summed E-state index contributed by atoms with van der Waals surface area (Å²) >= 11 is 1.45. The predicted molar refractivity (Wildman–Crippen MR) is 75.3 cm³/mol. The van der Waals surface area contributed by atoms with Crippen molar-refractivity contribution in [3.63, 3.8) is 0 Å². The predicted octanol–water partition coefficient (Wildman–Crippen LogP) is 0.985. The molecule has 6 N–H and O–H groups in total. The van der Waals surface area contributed by atoms with Gasteiger partial charge in [0, 0.05) is 24.0 Å². The minimum absolute atomic E-state index is 0.0852. The van der Waals surface area contributed by atoms with Crippen LogP contribution in [-0.4, -0.2) is 29.1 Å². The molecule has 100 valence electrons. The van der Waals surface area contributed by atoms with Crippen molar-refractivity contribution in [2.75, 3.05) is 18.4 Å². The summed E-state index contributed by atoms with van der Waals surface area (Å²) in [6.45, 7) is 1.18. The maximum Gasteiger partial charge on any atom is 0.252 e. The van der Waals surface area contributed by atoms with E-state index in [0.29, 0.717) is 18.8 Å². The van der Waals surface area contributed by atoms with Crippen LogP contribution in [0.25, 0.3) is 11.3 Å². The van der Waals surface area contributed by atoms with Gasteiger partial charge in [-0.05, 0) is 18.2 Å². The van der Waals surface area contributed by atoms with Gasteiger partial charge in [-0.2, -0.15) is 0 Å². The summed E-state index contributed by atoms with van der Waals surface area (Å²) in [6.07, 6.45) is 0. The highest BCUT2D eigenvalue weighted by atomic mass is 32.1. The third kappa shape index (κ3) is 3.01. The van der Waals surface area contributed by atoms with E-state index in [1.54, 1.807) is 6.07 Å². The second-order valence-corrected chi connectivity index (χ2v) is 4.71. The Kier molecular flexibility index (Phi) is 3.98. The number of carbonyl (C=O) groups is 1. The molecule has 0 atom stereocenters. The molecule has 2 aromatic rings. The van der Waals surface area contributed by atoms with E-state index >= 15 is 0 Å². The average Bonchev–Trinajstić information content (AvgIpc) is 2.85. The Bertz CT molecular complexity index is 597. The van der Waals surface area contributed by atoms with Gasteiger partial charge >= 0.3 is 0 Å². The van der Waals surface area contributed by atoms with E-state index in [-0.39, 0.29) is 11.3 Å². The number of anilines is 1. The van der Waals surface area contributed by atoms with Crippen molar-refractivity contribution in [1.82, 2.24) is 4.98 Å². The fourth-order valence-electron chi connectivity index (χ4n) is 1.56. The Morgan fingerprint density at radius 1 is 1.47 bits per heavy atom. The molecule has 0 radical (unpaired) electrons. The minimum atomic E-state index is -0.670. The van der Waals surface area contributed by atoms with Crippen LogP contribution in [-0.2, 0) is 0 Å². The van der Waals surface area contributed by atoms with Crippen LogP contribution in [0.15, 0.2) is 23.6 Å². The molecule has 0 aliphatic heterocycles. The zero-order valence-corrected chi connectivity index (χ0v) is 10.9. The number of phenols is 1. The van der Waals surface area contributed by atoms with Crippen molar-refractivity contribution in [3.8, 4) is 17.0 Å². The number of aromatic hydroxyl groups is 1. The Morgan fingerprint density at radius 3 is 2.95 bits per heavy atom. The van der Waals surface area contributed by atoms with Crippen LogP contribution in [0.1, 0.15) is 10.4 Å². The third-order valence-electron chi connectivity index (χ3n) is 2.48. The van der Waals surface area contributed by atoms with Gasteiger partial charge in [-0.25, -0.2) is 4.98 Å². The monoisotopic (exact) mass is 278 g/mol. The van der Waals surface area contributed by atoms with E-state index in [4.69, 9.17) is 11.5 Å². The molecule has 0 spiro atoms. The molecule has 0 fully saturated rings. The van der Waals surface area contributed by atoms with Gasteiger partial charge in [0.25, 0.3) is 5.91 Å². The van der Waals surface area contributed by atoms with Crippen LogP contribution >= 0.6 is 11.3 Å². The number of aromatic nitrogens is 1. The molecule has 1 amide bonds. The van der Waals surface area contributed by atoms with Crippen LogP contribution in [0.5, 0.6) is 5.75 Å². The van der Waals surface area contributed by atoms with E-state index in [9.17, 15) is 9.90 Å². The number of hydrogen-bond donors (Lipinski definition) is 4. The number of nitrogens with zero attached hydrogens (tertiary/aromatic N) is 1. The summed E-state index contributed by atoms with van der Waals surface area (Å²) in [5.41, 5.74) is 12.1. The quantitative estimate of drug-likeness (QED) is 0.651. The highest BCUT2D eigenvalue weighted by Gasteiger charge is 2.11. The van der Waals surface area contributed by atoms with Crippen molar-refractivity contribution in [2.24, 2.45) is 11.5 Å². The summed E-state index contributed by atoms with van der Waals surface area (Å²) in [5.74, 6) is -0.802. The number of primary amides is 1. The second kappa shape index (κ2) is 5.68. The zero-order valence-electron chi connectivity index (χ0n) is 10.1. The Labute approximate surface area is 114 Å². The molecule has 2 rings (SSSR count). The molecule has 0 saturated carbocycles. The fourth-order valence-corrected chi connectivity index (χ4v) is 2.31. The lowest BCUT2D eigenvalue weighted by Gasteiger charge is -2.03. The van der Waals surface area contributed by atoms with Gasteiger partial charge in [0.2, 0.25) is 0 Å². The smallest absolute Gasteiger partial charge is 0.252 e. The fraction of sp³-hybridized carbons (Fsp3) is 0.167. The van der Waals surface area contributed by atoms with Crippen molar-refractivity contribution >= 4 is 22.4 Å². The SMILES string of the molecule is NCCNc1nc(-c2ccc(O)c(C(N)=O)c2)cs1. The van der Waals surface area contributed by atoms with Gasteiger partial charge in [0.05, 0.1) is 11.3 Å². The number of benzene rings is 1. The molecule has 0 saturated heterocycles. The van der Waals surface area contributed by atoms with E-state index in [2.05, 4.69) is 10.3 Å². The number of thiazole rings is 1. The van der Waals surface area contributed by atoms with Gasteiger partial charge in [0.1, 0.15) is 5.75 Å². The lowest BCUT2D eigenvalue weighted by molar-refractivity contribution is 0.0998. The Balaban J connectivity index is 2.29. The highest BCUT2D eigenvalue weighted by Crippen LogP contribution is 2.28. The molecule has 0 aliphatic rings. The lowest BCUT2D eigenvalue weighted by atomic mass is 10.1. The van der Waals surface area contributed by atoms with Crippen molar-refractivity contribution < 1.29 is 9.90 Å². The molecule has 6 nitrogen and oxygen atoms in total. The average molecular weight is 278 g/mol. The first-order valence-corrected chi connectivity index (χ1v) is 6.52. The van der Waals surface area contributed by atoms with Crippen LogP contribution in [0.3, 0.4) is 0 Å². The summed E-state index contributed by atoms with van der Waals surface area (Å²) in [5, 5.41) is 15.2. The molecule has 1 heterocycles. The van der Waals surface area contributed by atoms with Gasteiger partial charge in [-0.3, -0.25) is 4.79 Å². The summed E-state index contributed by atoms with van der Waals surface area (Å²) in [7, 11) is 0. The van der Waals surface area contributed by atoms with Gasteiger partial charge in [-0.1, -0.05) is 0 Å². The second-order valence-electron chi connectivity index (χ2n) is 3.85. The third-order valence-corrected chi connectivity index (χ3v) is 3.28. The van der Waals surface area contributed by atoms with Gasteiger partial charge in [0.15, 0.2) is 5.13 Å². The molecule has 1 aromatic carbocycles. The highest BCUT2D eigenvalue weighted by molar-refractivity contribution is 7.14. The molecule has 1 aromatic heterocycles. The summed E-state index contributed by atoms with van der Waals surface area (Å²) in [4.78, 5) is 15.5. The first-order valence-electron chi connectivity index (χ1n) is 5.64. The largest absolute Gasteiger partial charge is 0.507 e. The number of hydrogen-bond acceptors (Lipinski definition) is 6. The van der Waals surface area contributed by atoms with Gasteiger partial charge in [-0.15, -0.1) is 11.3 Å². The van der Waals surface area contributed by atoms with Crippen molar-refractivity contribution in [3.05, 3.63) is 29.1 Å². The number of rotatable bonds is 5. The van der Waals surface area contributed by atoms with Crippen molar-refractivity contribution in [2.45, 2.75) is 0 Å². The van der Waals surface area contributed by atoms with E-state index in [0.717, 1.165) is 10.7 Å². The Morgan fingerprint density at radius 2 is 2.26 bits per heavy atom. The standard InChI is InChI=1S/C12H14N4O2S/c13-3-4-15-12-16-9(6-19-12)7-1-2-10(17)8(5-7)11(14)18/h1-2,5-6,17H,3-4,13H2,(H2,14,18)(H,15,16). The Hall–Kier alpha value is -2.12. The minimum Gasteiger partial charge on any atom is -0.507 e. The normalized spacial score (nSPS) is 10.4. The molecule has 19 heavy (non-hydrogen) atoms. The van der Waals surface area contributed by atoms with Crippen LogP contribution in [0.4, 0.5) is 5.13 Å². The number of carbonyl (C=O) groups excluding carboxylic acids is 1. The summed E-state index contributed by atoms with van der Waals surface area (Å²) in [6, 6.07) is 4.64. The zero-order chi connectivity index (χ0) is 13.8. The maximum atomic E-state index is 11.2. The van der Waals surface area contributed by atoms with E-state index in [1.165, 1.54) is 23.5 Å². The van der Waals surface area contributed by atoms with Crippen LogP contribution in [0, 0.1) is 0 Å². The van der Waals surface area contributed by atoms with E-state index < -0.39 is 5.91 Å². The number of nitrogens with one attached hydrogen (secondary N) is 1. The molecule has 0 bridgehead atoms. The first-order chi connectivity index (χ1) is 9.11. The molecule has 0 unspecified atom stereocenters. The summed E-state index contributed by atoms with van der Waals surface area (Å²) < 4.78 is 0. The number of amides is 1. The molecule has 0 aliphatic carbocycles. The lowest BCUT2D eigenvalue weighted by Crippen LogP contribution is -2.12. The van der Waals surface area contributed by atoms with E-state index in [1.807, 2.05) is 5.38 Å². The van der Waals surface area contributed by atoms with Crippen molar-refractivity contribution in [1.29, 1.82) is 0 Å². The molecule has 7 heteroatoms. The topological polar surface area (TPSA) is 114 Å². The van der Waals surface area contributed by atoms with Crippen LogP contribution < -0.4 is 16.8 Å². The molecular weight excluding hydrogens is 264 g/mol. The maximum absolute atomic E-state index is 11.2. The molecular formula is C12H14N4O2S. The van der Waals surface area contributed by atoms with Crippen LogP contribution in [0.2, 0.25) is 0 Å². The number of nitrogens with two attached hydrogens (primary N) is 2. The van der Waals surface area contributed by atoms with Gasteiger partial charge < -0.3 is 21.9 Å². The first kappa shape index (κ1) is 13.3.